The molecule has 0 radical (unpaired) electrons. The zero-order chi connectivity index (χ0) is 21.3. The van der Waals surface area contributed by atoms with Gasteiger partial charge in [0.05, 0.1) is 17.9 Å². The van der Waals surface area contributed by atoms with Crippen LogP contribution in [-0.4, -0.2) is 66.1 Å². The number of benzene rings is 2. The Hall–Kier alpha value is -2.38. The molecule has 4 rings (SSSR count). The first-order valence-electron chi connectivity index (χ1n) is 9.72. The number of amides is 2. The van der Waals surface area contributed by atoms with Gasteiger partial charge in [-0.15, -0.1) is 0 Å². The first-order valence-corrected chi connectivity index (χ1v) is 10.5. The van der Waals surface area contributed by atoms with Gasteiger partial charge in [-0.05, 0) is 35.9 Å². The number of nitrogens with zero attached hydrogens (tertiary/aromatic N) is 3. The molecule has 0 aromatic heterocycles. The fourth-order valence-electron chi connectivity index (χ4n) is 3.87. The van der Waals surface area contributed by atoms with Gasteiger partial charge in [-0.25, -0.2) is 4.90 Å². The van der Waals surface area contributed by atoms with Gasteiger partial charge >= 0.3 is 0 Å². The summed E-state index contributed by atoms with van der Waals surface area (Å²) in [6, 6.07) is 13.7. The SMILES string of the molecule is O=C1C(c2ccc(Cl)cc2)=C(N2CCN(CCO)CC2)C(=O)N1c1cccc(Cl)c1. The number of anilines is 1. The van der Waals surface area contributed by atoms with E-state index in [2.05, 4.69) is 4.90 Å². The van der Waals surface area contributed by atoms with Crippen LogP contribution in [0.25, 0.3) is 5.57 Å². The molecule has 30 heavy (non-hydrogen) atoms. The van der Waals surface area contributed by atoms with Gasteiger partial charge in [0.1, 0.15) is 5.70 Å². The van der Waals surface area contributed by atoms with E-state index in [9.17, 15) is 14.7 Å². The summed E-state index contributed by atoms with van der Waals surface area (Å²) >= 11 is 12.1. The number of carbonyl (C=O) groups excluding carboxylic acids is 2. The largest absolute Gasteiger partial charge is 0.395 e. The van der Waals surface area contributed by atoms with Crippen LogP contribution in [0, 0.1) is 0 Å². The quantitative estimate of drug-likeness (QED) is 0.716. The number of halogens is 2. The smallest absolute Gasteiger partial charge is 0.282 e. The number of hydrogen-bond donors (Lipinski definition) is 1. The van der Waals surface area contributed by atoms with Gasteiger partial charge in [-0.2, -0.15) is 0 Å². The summed E-state index contributed by atoms with van der Waals surface area (Å²) in [5, 5.41) is 10.2. The van der Waals surface area contributed by atoms with Crippen molar-refractivity contribution < 1.29 is 14.7 Å². The van der Waals surface area contributed by atoms with Crippen molar-refractivity contribution in [1.29, 1.82) is 0 Å². The number of hydrogen-bond acceptors (Lipinski definition) is 5. The maximum atomic E-state index is 13.5. The van der Waals surface area contributed by atoms with Crippen molar-refractivity contribution in [3.8, 4) is 0 Å². The van der Waals surface area contributed by atoms with Crippen LogP contribution < -0.4 is 4.90 Å². The van der Waals surface area contributed by atoms with Crippen LogP contribution in [0.1, 0.15) is 5.56 Å². The molecule has 2 aromatic rings. The first kappa shape index (κ1) is 20.9. The molecule has 0 aliphatic carbocycles. The third-order valence-electron chi connectivity index (χ3n) is 5.36. The van der Waals surface area contributed by atoms with Gasteiger partial charge in [0, 0.05) is 42.8 Å². The third-order valence-corrected chi connectivity index (χ3v) is 5.85. The molecule has 8 heteroatoms. The molecular weight excluding hydrogens is 425 g/mol. The summed E-state index contributed by atoms with van der Waals surface area (Å²) in [5.74, 6) is -0.736. The summed E-state index contributed by atoms with van der Waals surface area (Å²) in [6.07, 6.45) is 0. The summed E-state index contributed by atoms with van der Waals surface area (Å²) in [5.41, 5.74) is 1.85. The molecule has 2 aromatic carbocycles. The molecule has 2 amide bonds. The Morgan fingerprint density at radius 3 is 2.20 bits per heavy atom. The molecule has 1 fully saturated rings. The monoisotopic (exact) mass is 445 g/mol. The number of β-amino-alcohol motifs (C(OH)–C–C–N with tert-alkyl or cyclic N) is 1. The molecule has 0 atom stereocenters. The highest BCUT2D eigenvalue weighted by atomic mass is 35.5. The standard InChI is InChI=1S/C22H21Cl2N3O3/c23-16-6-4-15(5-7-16)19-20(26-10-8-25(9-11-26)12-13-28)22(30)27(21(19)29)18-3-1-2-17(24)14-18/h1-7,14,28H,8-13H2. The highest BCUT2D eigenvalue weighted by Crippen LogP contribution is 2.36. The number of piperazine rings is 1. The molecule has 2 aliphatic rings. The lowest BCUT2D eigenvalue weighted by Crippen LogP contribution is -2.48. The lowest BCUT2D eigenvalue weighted by molar-refractivity contribution is -0.120. The van der Waals surface area contributed by atoms with E-state index in [1.54, 1.807) is 48.5 Å². The second-order valence-corrected chi connectivity index (χ2v) is 8.08. The highest BCUT2D eigenvalue weighted by molar-refractivity contribution is 6.45. The molecule has 2 heterocycles. The average Bonchev–Trinajstić information content (AvgIpc) is 3.00. The number of aliphatic hydroxyl groups is 1. The molecule has 0 spiro atoms. The maximum Gasteiger partial charge on any atom is 0.282 e. The Bertz CT molecular complexity index is 999. The topological polar surface area (TPSA) is 64.1 Å². The van der Waals surface area contributed by atoms with Crippen molar-refractivity contribution in [3.05, 3.63) is 69.8 Å². The van der Waals surface area contributed by atoms with Crippen molar-refractivity contribution in [2.45, 2.75) is 0 Å². The van der Waals surface area contributed by atoms with Crippen molar-refractivity contribution in [1.82, 2.24) is 9.80 Å². The minimum Gasteiger partial charge on any atom is -0.395 e. The van der Waals surface area contributed by atoms with Gasteiger partial charge in [0.25, 0.3) is 11.8 Å². The van der Waals surface area contributed by atoms with E-state index in [0.717, 1.165) is 0 Å². The predicted molar refractivity (Wildman–Crippen MR) is 117 cm³/mol. The number of imide groups is 1. The fourth-order valence-corrected chi connectivity index (χ4v) is 4.19. The van der Waals surface area contributed by atoms with Crippen LogP contribution in [0.15, 0.2) is 54.2 Å². The predicted octanol–water partition coefficient (Wildman–Crippen LogP) is 2.89. The zero-order valence-electron chi connectivity index (χ0n) is 16.2. The Labute approximate surface area is 184 Å². The van der Waals surface area contributed by atoms with E-state index in [0.29, 0.717) is 65.3 Å². The van der Waals surface area contributed by atoms with Crippen molar-refractivity contribution in [2.24, 2.45) is 0 Å². The highest BCUT2D eigenvalue weighted by Gasteiger charge is 2.43. The van der Waals surface area contributed by atoms with E-state index in [1.807, 2.05) is 4.90 Å². The van der Waals surface area contributed by atoms with E-state index in [-0.39, 0.29) is 18.4 Å². The van der Waals surface area contributed by atoms with Gasteiger partial charge in [0.2, 0.25) is 0 Å². The summed E-state index contributed by atoms with van der Waals surface area (Å²) < 4.78 is 0. The molecule has 0 saturated carbocycles. The Morgan fingerprint density at radius 2 is 1.57 bits per heavy atom. The molecule has 0 unspecified atom stereocenters. The second kappa shape index (κ2) is 8.78. The average molecular weight is 446 g/mol. The molecule has 156 valence electrons. The van der Waals surface area contributed by atoms with E-state index < -0.39 is 0 Å². The minimum absolute atomic E-state index is 0.0959. The Morgan fingerprint density at radius 1 is 0.867 bits per heavy atom. The summed E-state index contributed by atoms with van der Waals surface area (Å²) in [7, 11) is 0. The van der Waals surface area contributed by atoms with Crippen LogP contribution in [-0.2, 0) is 9.59 Å². The number of carbonyl (C=O) groups is 2. The molecule has 2 aliphatic heterocycles. The lowest BCUT2D eigenvalue weighted by atomic mass is 10.0. The molecule has 0 bridgehead atoms. The van der Waals surface area contributed by atoms with Gasteiger partial charge in [-0.3, -0.25) is 14.5 Å². The van der Waals surface area contributed by atoms with Gasteiger partial charge < -0.3 is 10.0 Å². The Kier molecular flexibility index (Phi) is 6.11. The van der Waals surface area contributed by atoms with Crippen LogP contribution in [0.2, 0.25) is 10.0 Å². The molecule has 1 saturated heterocycles. The number of aliphatic hydroxyl groups excluding tert-OH is 1. The van der Waals surface area contributed by atoms with E-state index >= 15 is 0 Å². The van der Waals surface area contributed by atoms with Crippen molar-refractivity contribution in [3.63, 3.8) is 0 Å². The van der Waals surface area contributed by atoms with Crippen LogP contribution in [0.4, 0.5) is 5.69 Å². The normalized spacial score (nSPS) is 18.0. The van der Waals surface area contributed by atoms with Crippen LogP contribution in [0.3, 0.4) is 0 Å². The first-order chi connectivity index (χ1) is 14.5. The number of rotatable bonds is 5. The maximum absolute atomic E-state index is 13.5. The molecule has 1 N–H and O–H groups in total. The fraction of sp³-hybridized carbons (Fsp3) is 0.273. The summed E-state index contributed by atoms with van der Waals surface area (Å²) in [6.45, 7) is 3.29. The van der Waals surface area contributed by atoms with E-state index in [1.165, 1.54) is 4.90 Å². The summed E-state index contributed by atoms with van der Waals surface area (Å²) in [4.78, 5) is 32.2. The second-order valence-electron chi connectivity index (χ2n) is 7.21. The Balaban J connectivity index is 1.74. The molecule has 6 nitrogen and oxygen atoms in total. The van der Waals surface area contributed by atoms with Crippen molar-refractivity contribution in [2.75, 3.05) is 44.2 Å². The van der Waals surface area contributed by atoms with Crippen LogP contribution in [0.5, 0.6) is 0 Å². The van der Waals surface area contributed by atoms with Crippen LogP contribution >= 0.6 is 23.2 Å². The van der Waals surface area contributed by atoms with Gasteiger partial charge in [0.15, 0.2) is 0 Å². The van der Waals surface area contributed by atoms with E-state index in [4.69, 9.17) is 23.2 Å². The lowest BCUT2D eigenvalue weighted by Gasteiger charge is -2.36. The minimum atomic E-state index is -0.377. The molecular formula is C22H21Cl2N3O3. The zero-order valence-corrected chi connectivity index (χ0v) is 17.7. The third kappa shape index (κ3) is 3.96. The van der Waals surface area contributed by atoms with Crippen molar-refractivity contribution >= 4 is 46.3 Å². The van der Waals surface area contributed by atoms with Gasteiger partial charge in [-0.1, -0.05) is 41.4 Å².